The first-order chi connectivity index (χ1) is 8.29. The second-order valence-corrected chi connectivity index (χ2v) is 4.07. The van der Waals surface area contributed by atoms with E-state index in [1.54, 1.807) is 0 Å². The number of nitrogens with one attached hydrogen (secondary N) is 1. The van der Waals surface area contributed by atoms with E-state index in [9.17, 15) is 4.79 Å². The Morgan fingerprint density at radius 2 is 2.41 bits per heavy atom. The second kappa shape index (κ2) is 7.59. The van der Waals surface area contributed by atoms with Gasteiger partial charge in [0.15, 0.2) is 0 Å². The van der Waals surface area contributed by atoms with Crippen molar-refractivity contribution in [2.75, 3.05) is 13.1 Å². The fourth-order valence-corrected chi connectivity index (χ4v) is 1.91. The standard InChI is InChI=1S/C9H14N6OS/c1-2-7-8(17-15-13-7)9(16)11-5-3-4-6-12-14-10/h2-6H2,1H3,(H,11,16). The molecule has 0 bridgehead atoms. The first kappa shape index (κ1) is 13.4. The average molecular weight is 254 g/mol. The third kappa shape index (κ3) is 4.38. The molecule has 1 rings (SSSR count). The zero-order valence-corrected chi connectivity index (χ0v) is 10.4. The topological polar surface area (TPSA) is 104 Å². The molecule has 0 atom stereocenters. The Morgan fingerprint density at radius 3 is 3.12 bits per heavy atom. The molecule has 0 unspecified atom stereocenters. The third-order valence-electron chi connectivity index (χ3n) is 2.13. The van der Waals surface area contributed by atoms with Gasteiger partial charge in [0, 0.05) is 18.0 Å². The molecule has 8 heteroatoms. The van der Waals surface area contributed by atoms with Crippen LogP contribution in [0.25, 0.3) is 10.4 Å². The molecule has 7 nitrogen and oxygen atoms in total. The van der Waals surface area contributed by atoms with Gasteiger partial charge in [-0.2, -0.15) is 0 Å². The largest absolute Gasteiger partial charge is 0.351 e. The van der Waals surface area contributed by atoms with Crippen LogP contribution in [0.2, 0.25) is 0 Å². The van der Waals surface area contributed by atoms with Gasteiger partial charge in [-0.1, -0.05) is 16.5 Å². The number of hydrogen-bond donors (Lipinski definition) is 1. The lowest BCUT2D eigenvalue weighted by atomic mass is 10.2. The van der Waals surface area contributed by atoms with Crippen LogP contribution in [0.1, 0.15) is 35.1 Å². The Bertz CT molecular complexity index is 411. The molecule has 0 saturated carbocycles. The Balaban J connectivity index is 2.28. The smallest absolute Gasteiger partial charge is 0.264 e. The molecular weight excluding hydrogens is 240 g/mol. The van der Waals surface area contributed by atoms with Crippen molar-refractivity contribution >= 4 is 17.4 Å². The molecule has 1 N–H and O–H groups in total. The molecule has 1 heterocycles. The molecule has 1 aromatic rings. The van der Waals surface area contributed by atoms with Crippen LogP contribution < -0.4 is 5.32 Å². The van der Waals surface area contributed by atoms with Gasteiger partial charge in [0.05, 0.1) is 5.69 Å². The van der Waals surface area contributed by atoms with E-state index in [4.69, 9.17) is 5.53 Å². The van der Waals surface area contributed by atoms with Crippen molar-refractivity contribution in [1.82, 2.24) is 14.9 Å². The number of aromatic nitrogens is 2. The van der Waals surface area contributed by atoms with Crippen molar-refractivity contribution in [1.29, 1.82) is 0 Å². The normalized spacial score (nSPS) is 9.71. The molecule has 0 aliphatic carbocycles. The van der Waals surface area contributed by atoms with Gasteiger partial charge in [0.2, 0.25) is 0 Å². The van der Waals surface area contributed by atoms with Gasteiger partial charge < -0.3 is 5.32 Å². The van der Waals surface area contributed by atoms with E-state index in [1.807, 2.05) is 6.92 Å². The van der Waals surface area contributed by atoms with Gasteiger partial charge in [-0.25, -0.2) is 0 Å². The Kier molecular flexibility index (Phi) is 5.98. The summed E-state index contributed by atoms with van der Waals surface area (Å²) in [6, 6.07) is 0. The van der Waals surface area contributed by atoms with E-state index >= 15 is 0 Å². The fourth-order valence-electron chi connectivity index (χ4n) is 1.25. The van der Waals surface area contributed by atoms with Crippen molar-refractivity contribution in [3.8, 4) is 0 Å². The van der Waals surface area contributed by atoms with E-state index < -0.39 is 0 Å². The molecule has 92 valence electrons. The van der Waals surface area contributed by atoms with Crippen molar-refractivity contribution in [2.24, 2.45) is 5.11 Å². The van der Waals surface area contributed by atoms with Gasteiger partial charge in [0.1, 0.15) is 4.88 Å². The van der Waals surface area contributed by atoms with Crippen LogP contribution in [-0.4, -0.2) is 28.6 Å². The zero-order valence-electron chi connectivity index (χ0n) is 9.59. The number of rotatable bonds is 7. The predicted octanol–water partition coefficient (Wildman–Crippen LogP) is 1.92. The Labute approximate surface area is 103 Å². The average Bonchev–Trinajstić information content (AvgIpc) is 2.81. The number of aryl methyl sites for hydroxylation is 1. The molecule has 1 amide bonds. The van der Waals surface area contributed by atoms with Gasteiger partial charge in [-0.3, -0.25) is 4.79 Å². The molecule has 1 aromatic heterocycles. The lowest BCUT2D eigenvalue weighted by Gasteiger charge is -2.02. The van der Waals surface area contributed by atoms with Crippen molar-refractivity contribution in [3.63, 3.8) is 0 Å². The van der Waals surface area contributed by atoms with Crippen LogP contribution in [0.3, 0.4) is 0 Å². The minimum atomic E-state index is -0.124. The lowest BCUT2D eigenvalue weighted by Crippen LogP contribution is -2.24. The van der Waals surface area contributed by atoms with Crippen LogP contribution in [0.15, 0.2) is 5.11 Å². The first-order valence-electron chi connectivity index (χ1n) is 5.39. The van der Waals surface area contributed by atoms with Crippen molar-refractivity contribution in [3.05, 3.63) is 21.0 Å². The molecule has 0 spiro atoms. The van der Waals surface area contributed by atoms with Crippen molar-refractivity contribution < 1.29 is 4.79 Å². The summed E-state index contributed by atoms with van der Waals surface area (Å²) >= 11 is 1.11. The van der Waals surface area contributed by atoms with E-state index in [2.05, 4.69) is 24.9 Å². The molecule has 0 aromatic carbocycles. The minimum Gasteiger partial charge on any atom is -0.351 e. The third-order valence-corrected chi connectivity index (χ3v) is 2.90. The van der Waals surface area contributed by atoms with Gasteiger partial charge in [0.25, 0.3) is 5.91 Å². The molecular formula is C9H14N6OS. The van der Waals surface area contributed by atoms with E-state index in [0.717, 1.165) is 30.1 Å². The fraction of sp³-hybridized carbons (Fsp3) is 0.667. The summed E-state index contributed by atoms with van der Waals surface area (Å²) in [6.07, 6.45) is 2.26. The van der Waals surface area contributed by atoms with E-state index in [0.29, 0.717) is 24.4 Å². The molecule has 0 aliphatic heterocycles. The van der Waals surface area contributed by atoms with Gasteiger partial charge in [-0.05, 0) is 36.3 Å². The number of unbranched alkanes of at least 4 members (excludes halogenated alkanes) is 1. The summed E-state index contributed by atoms with van der Waals surface area (Å²) in [5, 5.41) is 10.1. The highest BCUT2D eigenvalue weighted by atomic mass is 32.1. The van der Waals surface area contributed by atoms with Crippen LogP contribution in [0.5, 0.6) is 0 Å². The highest BCUT2D eigenvalue weighted by Gasteiger charge is 2.13. The summed E-state index contributed by atoms with van der Waals surface area (Å²) < 4.78 is 3.76. The summed E-state index contributed by atoms with van der Waals surface area (Å²) in [7, 11) is 0. The number of hydrogen-bond acceptors (Lipinski definition) is 5. The maximum atomic E-state index is 11.7. The number of amides is 1. The lowest BCUT2D eigenvalue weighted by molar-refractivity contribution is 0.0956. The zero-order chi connectivity index (χ0) is 12.5. The maximum Gasteiger partial charge on any atom is 0.264 e. The van der Waals surface area contributed by atoms with Crippen LogP contribution in [-0.2, 0) is 6.42 Å². The highest BCUT2D eigenvalue weighted by Crippen LogP contribution is 2.10. The first-order valence-corrected chi connectivity index (χ1v) is 6.17. The summed E-state index contributed by atoms with van der Waals surface area (Å²) in [5.41, 5.74) is 8.81. The summed E-state index contributed by atoms with van der Waals surface area (Å²) in [5.74, 6) is -0.124. The maximum absolute atomic E-state index is 11.7. The predicted molar refractivity (Wildman–Crippen MR) is 64.9 cm³/mol. The molecule has 17 heavy (non-hydrogen) atoms. The SMILES string of the molecule is CCc1nnsc1C(=O)NCCCCN=[N+]=[N-]. The summed E-state index contributed by atoms with van der Waals surface area (Å²) in [6.45, 7) is 2.98. The van der Waals surface area contributed by atoms with Crippen LogP contribution in [0.4, 0.5) is 0 Å². The van der Waals surface area contributed by atoms with Crippen LogP contribution >= 0.6 is 11.5 Å². The second-order valence-electron chi connectivity index (χ2n) is 3.32. The summed E-state index contributed by atoms with van der Waals surface area (Å²) in [4.78, 5) is 15.0. The quantitative estimate of drug-likeness (QED) is 0.348. The van der Waals surface area contributed by atoms with Gasteiger partial charge in [-0.15, -0.1) is 5.10 Å². The number of carbonyl (C=O) groups is 1. The van der Waals surface area contributed by atoms with Gasteiger partial charge >= 0.3 is 0 Å². The van der Waals surface area contributed by atoms with Crippen molar-refractivity contribution in [2.45, 2.75) is 26.2 Å². The van der Waals surface area contributed by atoms with E-state index in [1.165, 1.54) is 0 Å². The molecule has 0 saturated heterocycles. The monoisotopic (exact) mass is 254 g/mol. The van der Waals surface area contributed by atoms with Crippen LogP contribution in [0, 0.1) is 0 Å². The number of carbonyl (C=O) groups excluding carboxylic acids is 1. The molecule has 0 aliphatic rings. The van der Waals surface area contributed by atoms with E-state index in [-0.39, 0.29) is 5.91 Å². The number of azide groups is 1. The number of nitrogens with zero attached hydrogens (tertiary/aromatic N) is 5. The Morgan fingerprint density at radius 1 is 1.59 bits per heavy atom. The minimum absolute atomic E-state index is 0.124. The Hall–Kier alpha value is -1.66. The molecule has 0 radical (unpaired) electrons. The highest BCUT2D eigenvalue weighted by molar-refractivity contribution is 7.08. The molecule has 0 fully saturated rings.